The van der Waals surface area contributed by atoms with Crippen LogP contribution in [0.15, 0.2) is 18.6 Å². The monoisotopic (exact) mass is 312 g/mol. The summed E-state index contributed by atoms with van der Waals surface area (Å²) >= 11 is 0. The third-order valence-corrected chi connectivity index (χ3v) is 4.65. The molecule has 3 rings (SSSR count). The topological polar surface area (TPSA) is 69.5 Å². The normalized spacial score (nSPS) is 21.2. The molecule has 7 heteroatoms. The smallest absolute Gasteiger partial charge is 0.302 e. The summed E-state index contributed by atoms with van der Waals surface area (Å²) in [6.07, 6.45) is 4.34. The number of carbonyl (C=O) groups is 1. The molecule has 120 valence electrons. The zero-order valence-electron chi connectivity index (χ0n) is 13.4. The first kappa shape index (κ1) is 15.3. The second-order valence-corrected chi connectivity index (χ2v) is 6.04. The summed E-state index contributed by atoms with van der Waals surface area (Å²) in [7, 11) is 2.01. The molecule has 1 aliphatic rings. The minimum Gasteiger partial charge on any atom is -0.354 e. The van der Waals surface area contributed by atoms with Crippen LogP contribution in [0.2, 0.25) is 0 Å². The highest BCUT2D eigenvalue weighted by molar-refractivity contribution is 5.87. The Morgan fingerprint density at radius 3 is 3.17 bits per heavy atom. The molecule has 0 saturated carbocycles. The van der Waals surface area contributed by atoms with Crippen LogP contribution >= 0.6 is 0 Å². The van der Waals surface area contributed by atoms with E-state index < -0.39 is 0 Å². The maximum absolute atomic E-state index is 12.0. The third-order valence-electron chi connectivity index (χ3n) is 4.65. The van der Waals surface area contributed by atoms with Gasteiger partial charge in [-0.3, -0.25) is 4.79 Å². The van der Waals surface area contributed by atoms with E-state index in [1.165, 1.54) is 0 Å². The molecular weight excluding hydrogens is 292 g/mol. The van der Waals surface area contributed by atoms with Crippen molar-refractivity contribution >= 4 is 22.8 Å². The molecule has 0 aromatic carbocycles. The Morgan fingerprint density at radius 2 is 2.39 bits per heavy atom. The number of likely N-dealkylation sites (tertiary alicyclic amines) is 1. The lowest BCUT2D eigenvalue weighted by Crippen LogP contribution is -2.53. The standard InChI is InChI=1S/C16H20N6O/c1-11-5-7-22(14(23)8-17-2)9-13(11)21(3)16-12-4-6-18-15(12)19-10-20-16/h4,6,10-11,13H,5,7-9H2,1,3H3,(H,18,19,20). The second kappa shape index (κ2) is 6.24. The van der Waals surface area contributed by atoms with Crippen molar-refractivity contribution < 1.29 is 4.79 Å². The summed E-state index contributed by atoms with van der Waals surface area (Å²) in [5, 5.41) is 0.979. The van der Waals surface area contributed by atoms with Gasteiger partial charge in [-0.25, -0.2) is 16.5 Å². The molecule has 1 saturated heterocycles. The molecule has 2 atom stereocenters. The molecule has 0 radical (unpaired) electrons. The average Bonchev–Trinajstić information content (AvgIpc) is 3.03. The minimum absolute atomic E-state index is 0.0691. The van der Waals surface area contributed by atoms with Crippen LogP contribution in [0.1, 0.15) is 13.3 Å². The van der Waals surface area contributed by atoms with Crippen LogP contribution in [0.4, 0.5) is 5.82 Å². The van der Waals surface area contributed by atoms with Crippen molar-refractivity contribution in [1.29, 1.82) is 0 Å². The van der Waals surface area contributed by atoms with Crippen molar-refractivity contribution in [2.75, 3.05) is 31.6 Å². The van der Waals surface area contributed by atoms with E-state index in [9.17, 15) is 4.79 Å². The Labute approximate surface area is 135 Å². The minimum atomic E-state index is -0.0835. The Kier molecular flexibility index (Phi) is 4.15. The number of hydrogen-bond donors (Lipinski definition) is 1. The SMILES string of the molecule is [C-]#[N+]CC(=O)N1CCC(C)C(N(C)c2ncnc3[nH]ccc23)C1. The Morgan fingerprint density at radius 1 is 1.57 bits per heavy atom. The largest absolute Gasteiger partial charge is 0.354 e. The summed E-state index contributed by atoms with van der Waals surface area (Å²) in [6, 6.07) is 2.14. The van der Waals surface area contributed by atoms with Crippen LogP contribution in [0.3, 0.4) is 0 Å². The van der Waals surface area contributed by atoms with Crippen LogP contribution in [-0.2, 0) is 4.79 Å². The molecule has 7 nitrogen and oxygen atoms in total. The highest BCUT2D eigenvalue weighted by Crippen LogP contribution is 2.28. The molecule has 0 bridgehead atoms. The first-order valence-electron chi connectivity index (χ1n) is 7.73. The molecule has 3 heterocycles. The van der Waals surface area contributed by atoms with Crippen LogP contribution in [-0.4, -0.2) is 58.5 Å². The molecule has 1 aliphatic heterocycles. The maximum Gasteiger partial charge on any atom is 0.302 e. The fourth-order valence-corrected chi connectivity index (χ4v) is 3.24. The van der Waals surface area contributed by atoms with E-state index in [2.05, 4.69) is 31.6 Å². The lowest BCUT2D eigenvalue weighted by molar-refractivity contribution is -0.130. The second-order valence-electron chi connectivity index (χ2n) is 6.04. The van der Waals surface area contributed by atoms with E-state index in [-0.39, 0.29) is 18.5 Å². The van der Waals surface area contributed by atoms with Gasteiger partial charge in [-0.1, -0.05) is 6.92 Å². The van der Waals surface area contributed by atoms with Crippen LogP contribution in [0, 0.1) is 12.5 Å². The number of nitrogens with zero attached hydrogens (tertiary/aromatic N) is 5. The summed E-state index contributed by atoms with van der Waals surface area (Å²) in [6.45, 7) is 10.4. The van der Waals surface area contributed by atoms with Gasteiger partial charge in [-0.2, -0.15) is 0 Å². The molecule has 1 fully saturated rings. The van der Waals surface area contributed by atoms with Crippen molar-refractivity contribution in [2.45, 2.75) is 19.4 Å². The Bertz CT molecular complexity index is 748. The number of H-pyrrole nitrogens is 1. The number of anilines is 1. The Balaban J connectivity index is 1.85. The van der Waals surface area contributed by atoms with Crippen LogP contribution in [0.25, 0.3) is 15.9 Å². The van der Waals surface area contributed by atoms with Gasteiger partial charge in [0.15, 0.2) is 0 Å². The predicted molar refractivity (Wildman–Crippen MR) is 87.9 cm³/mol. The molecule has 1 N–H and O–H groups in total. The van der Waals surface area contributed by atoms with E-state index >= 15 is 0 Å². The predicted octanol–water partition coefficient (Wildman–Crippen LogP) is 1.55. The number of nitrogens with one attached hydrogen (secondary N) is 1. The lowest BCUT2D eigenvalue weighted by atomic mass is 9.92. The number of hydrogen-bond acceptors (Lipinski definition) is 4. The van der Waals surface area contributed by atoms with Gasteiger partial charge in [0.25, 0.3) is 6.54 Å². The van der Waals surface area contributed by atoms with E-state index in [1.54, 1.807) is 11.2 Å². The number of amides is 1. The van der Waals surface area contributed by atoms with Gasteiger partial charge in [-0.15, -0.1) is 0 Å². The number of aromatic amines is 1. The van der Waals surface area contributed by atoms with Crippen LogP contribution < -0.4 is 4.90 Å². The van der Waals surface area contributed by atoms with E-state index in [1.807, 2.05) is 19.3 Å². The van der Waals surface area contributed by atoms with E-state index in [0.29, 0.717) is 12.5 Å². The van der Waals surface area contributed by atoms with Crippen molar-refractivity contribution in [3.63, 3.8) is 0 Å². The van der Waals surface area contributed by atoms with Gasteiger partial charge in [0.2, 0.25) is 0 Å². The lowest BCUT2D eigenvalue weighted by Gasteiger charge is -2.41. The maximum atomic E-state index is 12.0. The van der Waals surface area contributed by atoms with Gasteiger partial charge in [-0.05, 0) is 18.4 Å². The van der Waals surface area contributed by atoms with Crippen molar-refractivity contribution in [2.24, 2.45) is 5.92 Å². The Hall–Kier alpha value is -2.62. The highest BCUT2D eigenvalue weighted by Gasteiger charge is 2.33. The number of carbonyl (C=O) groups excluding carboxylic acids is 1. The molecule has 1 amide bonds. The van der Waals surface area contributed by atoms with Gasteiger partial charge in [0, 0.05) is 26.3 Å². The highest BCUT2D eigenvalue weighted by atomic mass is 16.2. The van der Waals surface area contributed by atoms with Gasteiger partial charge < -0.3 is 19.6 Å². The number of likely N-dealkylation sites (N-methyl/N-ethyl adjacent to an activating group) is 1. The molecule has 23 heavy (non-hydrogen) atoms. The van der Waals surface area contributed by atoms with E-state index in [4.69, 9.17) is 6.57 Å². The number of aromatic nitrogens is 3. The molecular formula is C16H20N6O. The van der Waals surface area contributed by atoms with Gasteiger partial charge in [0.05, 0.1) is 11.4 Å². The summed E-state index contributed by atoms with van der Waals surface area (Å²) < 4.78 is 0. The molecule has 0 spiro atoms. The van der Waals surface area contributed by atoms with Crippen LogP contribution in [0.5, 0.6) is 0 Å². The molecule has 2 aromatic heterocycles. The van der Waals surface area contributed by atoms with Crippen molar-refractivity contribution in [1.82, 2.24) is 19.9 Å². The summed E-state index contributed by atoms with van der Waals surface area (Å²) in [5.74, 6) is 1.23. The number of fused-ring (bicyclic) bond motifs is 1. The summed E-state index contributed by atoms with van der Waals surface area (Å²) in [4.78, 5) is 31.0. The average molecular weight is 312 g/mol. The third kappa shape index (κ3) is 2.84. The fourth-order valence-electron chi connectivity index (χ4n) is 3.24. The molecule has 2 unspecified atom stereocenters. The van der Waals surface area contributed by atoms with Crippen molar-refractivity contribution in [3.05, 3.63) is 30.0 Å². The van der Waals surface area contributed by atoms with Crippen molar-refractivity contribution in [3.8, 4) is 0 Å². The number of rotatable bonds is 3. The van der Waals surface area contributed by atoms with Gasteiger partial charge >= 0.3 is 5.91 Å². The first-order valence-corrected chi connectivity index (χ1v) is 7.73. The zero-order valence-corrected chi connectivity index (χ0v) is 13.4. The first-order chi connectivity index (χ1) is 11.1. The zero-order chi connectivity index (χ0) is 16.4. The molecule has 0 aliphatic carbocycles. The molecule has 2 aromatic rings. The number of piperidine rings is 1. The summed E-state index contributed by atoms with van der Waals surface area (Å²) in [5.41, 5.74) is 0.811. The quantitative estimate of drug-likeness (QED) is 0.873. The van der Waals surface area contributed by atoms with E-state index in [0.717, 1.165) is 29.8 Å². The fraction of sp³-hybridized carbons (Fsp3) is 0.500. The van der Waals surface area contributed by atoms with Gasteiger partial charge in [0.1, 0.15) is 17.8 Å².